The van der Waals surface area contributed by atoms with Crippen LogP contribution in [0.2, 0.25) is 0 Å². The highest BCUT2D eigenvalue weighted by atomic mass is 16.6. The molecule has 1 aromatic carbocycles. The summed E-state index contributed by atoms with van der Waals surface area (Å²) in [6.07, 6.45) is -0.270. The van der Waals surface area contributed by atoms with Crippen LogP contribution in [-0.4, -0.2) is 79.4 Å². The number of amides is 1. The first-order chi connectivity index (χ1) is 13.7. The number of nitrogens with one attached hydrogen (secondary N) is 1. The van der Waals surface area contributed by atoms with E-state index in [1.165, 1.54) is 0 Å². The number of piperazine rings is 1. The highest BCUT2D eigenvalue weighted by Gasteiger charge is 2.36. The number of aliphatic imine (C=N–C) groups is 1. The van der Waals surface area contributed by atoms with Gasteiger partial charge >= 0.3 is 6.09 Å². The normalized spacial score (nSPS) is 19.9. The number of carbonyl (C=O) groups excluding carboxylic acids is 1. The highest BCUT2D eigenvalue weighted by Crippen LogP contribution is 2.20. The fourth-order valence-corrected chi connectivity index (χ4v) is 3.39. The molecule has 8 heteroatoms. The van der Waals surface area contributed by atoms with Gasteiger partial charge in [0.2, 0.25) is 0 Å². The molecule has 1 saturated heterocycles. The summed E-state index contributed by atoms with van der Waals surface area (Å²) in [5.41, 5.74) is -0.479. The Morgan fingerprint density at radius 3 is 2.59 bits per heavy atom. The molecule has 0 aromatic heterocycles. The van der Waals surface area contributed by atoms with E-state index in [9.17, 15) is 4.79 Å². The minimum Gasteiger partial charge on any atom is -0.497 e. The summed E-state index contributed by atoms with van der Waals surface area (Å²) in [6, 6.07) is 7.75. The van der Waals surface area contributed by atoms with Crippen LogP contribution < -0.4 is 14.8 Å². The summed E-state index contributed by atoms with van der Waals surface area (Å²) >= 11 is 0. The molecule has 0 bridgehead atoms. The first kappa shape index (κ1) is 21.1. The van der Waals surface area contributed by atoms with Gasteiger partial charge in [-0.05, 0) is 52.0 Å². The third-order valence-corrected chi connectivity index (χ3v) is 4.80. The Morgan fingerprint density at radius 1 is 1.24 bits per heavy atom. The second-order valence-electron chi connectivity index (χ2n) is 8.42. The van der Waals surface area contributed by atoms with Gasteiger partial charge < -0.3 is 29.3 Å². The maximum Gasteiger partial charge on any atom is 0.410 e. The van der Waals surface area contributed by atoms with Crippen LogP contribution in [0.4, 0.5) is 4.79 Å². The van der Waals surface area contributed by atoms with Gasteiger partial charge in [0.1, 0.15) is 23.2 Å². The first-order valence-corrected chi connectivity index (χ1v) is 10.1. The van der Waals surface area contributed by atoms with E-state index in [1.54, 1.807) is 12.0 Å². The van der Waals surface area contributed by atoms with Gasteiger partial charge in [-0.15, -0.1) is 0 Å². The fourth-order valence-electron chi connectivity index (χ4n) is 3.39. The zero-order valence-electron chi connectivity index (χ0n) is 18.0. The van der Waals surface area contributed by atoms with Crippen LogP contribution in [0.25, 0.3) is 0 Å². The summed E-state index contributed by atoms with van der Waals surface area (Å²) in [5.74, 6) is 2.49. The minimum atomic E-state index is -0.479. The van der Waals surface area contributed by atoms with E-state index in [2.05, 4.69) is 15.2 Å². The molecule has 0 aliphatic carbocycles. The molecular formula is C21H32N4O4. The summed E-state index contributed by atoms with van der Waals surface area (Å²) in [4.78, 5) is 21.0. The Kier molecular flexibility index (Phi) is 6.39. The topological polar surface area (TPSA) is 75.6 Å². The predicted octanol–water partition coefficient (Wildman–Crippen LogP) is 2.34. The number of nitrogens with zero attached hydrogens (tertiary/aromatic N) is 3. The Hall–Kier alpha value is -2.64. The van der Waals surface area contributed by atoms with Gasteiger partial charge in [-0.1, -0.05) is 0 Å². The van der Waals surface area contributed by atoms with E-state index in [-0.39, 0.29) is 18.2 Å². The van der Waals surface area contributed by atoms with Gasteiger partial charge in [0.25, 0.3) is 0 Å². The van der Waals surface area contributed by atoms with Crippen LogP contribution in [0, 0.1) is 0 Å². The number of ether oxygens (including phenoxy) is 3. The molecule has 29 heavy (non-hydrogen) atoms. The Morgan fingerprint density at radius 2 is 1.93 bits per heavy atom. The lowest BCUT2D eigenvalue weighted by Gasteiger charge is -2.39. The van der Waals surface area contributed by atoms with E-state index in [0.29, 0.717) is 26.2 Å². The van der Waals surface area contributed by atoms with Gasteiger partial charge in [0.15, 0.2) is 5.96 Å². The lowest BCUT2D eigenvalue weighted by Crippen LogP contribution is -2.58. The molecule has 160 valence electrons. The summed E-state index contributed by atoms with van der Waals surface area (Å²) in [7, 11) is 1.64. The summed E-state index contributed by atoms with van der Waals surface area (Å²) < 4.78 is 16.6. The largest absolute Gasteiger partial charge is 0.497 e. The van der Waals surface area contributed by atoms with Crippen LogP contribution in [0.5, 0.6) is 11.5 Å². The van der Waals surface area contributed by atoms with E-state index in [0.717, 1.165) is 24.0 Å². The summed E-state index contributed by atoms with van der Waals surface area (Å²) in [5, 5.41) is 3.40. The van der Waals surface area contributed by atoms with E-state index in [1.807, 2.05) is 52.0 Å². The zero-order valence-corrected chi connectivity index (χ0v) is 18.0. The molecule has 0 spiro atoms. The van der Waals surface area contributed by atoms with Crippen molar-refractivity contribution in [1.29, 1.82) is 0 Å². The van der Waals surface area contributed by atoms with Crippen molar-refractivity contribution in [1.82, 2.24) is 15.1 Å². The van der Waals surface area contributed by atoms with Gasteiger partial charge in [-0.25, -0.2) is 4.79 Å². The molecule has 2 aliphatic rings. The zero-order chi connectivity index (χ0) is 21.0. The molecular weight excluding hydrogens is 372 g/mol. The predicted molar refractivity (Wildman–Crippen MR) is 112 cm³/mol. The third kappa shape index (κ3) is 5.68. The van der Waals surface area contributed by atoms with Crippen molar-refractivity contribution in [2.45, 2.75) is 45.4 Å². The molecule has 1 aromatic rings. The average Bonchev–Trinajstić information content (AvgIpc) is 3.08. The number of guanidine groups is 1. The van der Waals surface area contributed by atoms with Crippen LogP contribution in [0.15, 0.2) is 29.3 Å². The van der Waals surface area contributed by atoms with Crippen LogP contribution in [0.3, 0.4) is 0 Å². The highest BCUT2D eigenvalue weighted by molar-refractivity contribution is 5.82. The summed E-state index contributed by atoms with van der Waals surface area (Å²) in [6.45, 7) is 11.0. The first-order valence-electron chi connectivity index (χ1n) is 10.1. The number of fused-ring (bicyclic) bond motifs is 1. The molecule has 2 aliphatic heterocycles. The molecule has 0 saturated carbocycles. The quantitative estimate of drug-likeness (QED) is 0.812. The van der Waals surface area contributed by atoms with Crippen LogP contribution in [0.1, 0.15) is 27.7 Å². The SMILES string of the molecule is COc1ccc(OC(C)CNC2=NCC3CN(C(=O)OC(C)(C)C)CCN23)cc1. The maximum atomic E-state index is 12.3. The van der Waals surface area contributed by atoms with Crippen LogP contribution >= 0.6 is 0 Å². The number of hydrogen-bond acceptors (Lipinski definition) is 7. The van der Waals surface area contributed by atoms with Crippen molar-refractivity contribution in [2.75, 3.05) is 39.8 Å². The van der Waals surface area contributed by atoms with E-state index < -0.39 is 5.60 Å². The average molecular weight is 405 g/mol. The van der Waals surface area contributed by atoms with Crippen molar-refractivity contribution < 1.29 is 19.0 Å². The van der Waals surface area contributed by atoms with Crippen molar-refractivity contribution in [3.63, 3.8) is 0 Å². The number of carbonyl (C=O) groups is 1. The van der Waals surface area contributed by atoms with E-state index >= 15 is 0 Å². The second-order valence-corrected chi connectivity index (χ2v) is 8.42. The Bertz CT molecular complexity index is 729. The Labute approximate surface area is 172 Å². The lowest BCUT2D eigenvalue weighted by molar-refractivity contribution is 0.0137. The van der Waals surface area contributed by atoms with Crippen molar-refractivity contribution in [3.05, 3.63) is 24.3 Å². The minimum absolute atomic E-state index is 0.0202. The van der Waals surface area contributed by atoms with Gasteiger partial charge in [0.05, 0.1) is 26.2 Å². The number of methoxy groups -OCH3 is 1. The molecule has 2 unspecified atom stereocenters. The lowest BCUT2D eigenvalue weighted by atomic mass is 10.2. The second kappa shape index (κ2) is 8.80. The monoisotopic (exact) mass is 404 g/mol. The van der Waals surface area contributed by atoms with Gasteiger partial charge in [0, 0.05) is 19.6 Å². The third-order valence-electron chi connectivity index (χ3n) is 4.80. The maximum absolute atomic E-state index is 12.3. The smallest absolute Gasteiger partial charge is 0.410 e. The molecule has 8 nitrogen and oxygen atoms in total. The molecule has 3 rings (SSSR count). The standard InChI is InChI=1S/C21H32N4O4/c1-15(28-18-8-6-17(27-5)7-9-18)12-22-19-23-13-16-14-24(10-11-25(16)19)20(26)29-21(2,3)4/h6-9,15-16H,10-14H2,1-5H3,(H,22,23). The van der Waals surface area contributed by atoms with Gasteiger partial charge in [-0.2, -0.15) is 0 Å². The number of benzene rings is 1. The van der Waals surface area contributed by atoms with Crippen LogP contribution in [-0.2, 0) is 4.74 Å². The van der Waals surface area contributed by atoms with Crippen molar-refractivity contribution in [2.24, 2.45) is 4.99 Å². The molecule has 1 fully saturated rings. The molecule has 0 radical (unpaired) electrons. The van der Waals surface area contributed by atoms with Crippen molar-refractivity contribution >= 4 is 12.1 Å². The molecule has 2 atom stereocenters. The number of hydrogen-bond donors (Lipinski definition) is 1. The van der Waals surface area contributed by atoms with E-state index in [4.69, 9.17) is 14.2 Å². The van der Waals surface area contributed by atoms with Gasteiger partial charge in [-0.3, -0.25) is 4.99 Å². The molecule has 2 heterocycles. The molecule has 1 amide bonds. The van der Waals surface area contributed by atoms with Crippen molar-refractivity contribution in [3.8, 4) is 11.5 Å². The number of rotatable bonds is 5. The Balaban J connectivity index is 1.45. The fraction of sp³-hybridized carbons (Fsp3) is 0.619. The molecule has 1 N–H and O–H groups in total.